The fraction of sp³-hybridized carbons (Fsp3) is 0.667. The monoisotopic (exact) mass is 277 g/mol. The zero-order valence-electron chi connectivity index (χ0n) is 13.7. The Kier molecular flexibility index (Phi) is 6.70. The fourth-order valence-electron chi connectivity index (χ4n) is 2.36. The summed E-state index contributed by atoms with van der Waals surface area (Å²) in [7, 11) is 0. The molecule has 114 valence electrons. The summed E-state index contributed by atoms with van der Waals surface area (Å²) < 4.78 is 0. The summed E-state index contributed by atoms with van der Waals surface area (Å²) in [6, 6.07) is 8.54. The van der Waals surface area contributed by atoms with Gasteiger partial charge in [-0.25, -0.2) is 0 Å². The average Bonchev–Trinajstić information content (AvgIpc) is 2.42. The van der Waals surface area contributed by atoms with Gasteiger partial charge in [-0.2, -0.15) is 0 Å². The van der Waals surface area contributed by atoms with Crippen LogP contribution >= 0.6 is 0 Å². The quantitative estimate of drug-likeness (QED) is 0.733. The summed E-state index contributed by atoms with van der Waals surface area (Å²) in [6.07, 6.45) is 2.85. The van der Waals surface area contributed by atoms with Crippen LogP contribution in [0.1, 0.15) is 71.1 Å². The molecule has 2 N–H and O–H groups in total. The van der Waals surface area contributed by atoms with E-state index in [0.717, 1.165) is 24.9 Å². The lowest BCUT2D eigenvalue weighted by atomic mass is 9.86. The van der Waals surface area contributed by atoms with Crippen LogP contribution in [0.4, 0.5) is 0 Å². The number of hydrogen-bond donors (Lipinski definition) is 2. The van der Waals surface area contributed by atoms with E-state index in [2.05, 4.69) is 64.2 Å². The maximum absolute atomic E-state index is 10.5. The number of aliphatic hydroxyl groups excluding tert-OH is 1. The molecule has 0 saturated carbocycles. The molecule has 0 amide bonds. The van der Waals surface area contributed by atoms with E-state index in [4.69, 9.17) is 0 Å². The van der Waals surface area contributed by atoms with Crippen LogP contribution in [0.15, 0.2) is 24.3 Å². The largest absolute Gasteiger partial charge is 0.387 e. The van der Waals surface area contributed by atoms with Gasteiger partial charge in [-0.15, -0.1) is 0 Å². The lowest BCUT2D eigenvalue weighted by molar-refractivity contribution is 0.126. The molecule has 0 heterocycles. The third-order valence-electron chi connectivity index (χ3n) is 3.88. The maximum Gasteiger partial charge on any atom is 0.0942 e. The van der Waals surface area contributed by atoms with E-state index < -0.39 is 6.10 Å². The predicted molar refractivity (Wildman–Crippen MR) is 87.1 cm³/mol. The molecule has 0 radical (unpaired) electrons. The molecule has 0 aromatic heterocycles. The van der Waals surface area contributed by atoms with Crippen molar-refractivity contribution in [3.05, 3.63) is 35.4 Å². The van der Waals surface area contributed by atoms with Gasteiger partial charge >= 0.3 is 0 Å². The van der Waals surface area contributed by atoms with Gasteiger partial charge in [-0.05, 0) is 35.9 Å². The van der Waals surface area contributed by atoms with Gasteiger partial charge in [0.1, 0.15) is 0 Å². The Labute approximate surface area is 124 Å². The van der Waals surface area contributed by atoms with Crippen molar-refractivity contribution in [2.24, 2.45) is 0 Å². The number of benzene rings is 1. The van der Waals surface area contributed by atoms with Crippen LogP contribution in [0, 0.1) is 0 Å². The predicted octanol–water partition coefficient (Wildman–Crippen LogP) is 4.19. The fourth-order valence-corrected chi connectivity index (χ4v) is 2.36. The van der Waals surface area contributed by atoms with Gasteiger partial charge in [0.15, 0.2) is 0 Å². The molecule has 0 aliphatic rings. The number of aliphatic hydroxyl groups is 1. The highest BCUT2D eigenvalue weighted by atomic mass is 16.3. The molecule has 1 aromatic carbocycles. The van der Waals surface area contributed by atoms with Crippen molar-refractivity contribution in [3.63, 3.8) is 0 Å². The summed E-state index contributed by atoms with van der Waals surface area (Å²) in [5.74, 6) is 0. The van der Waals surface area contributed by atoms with E-state index in [1.807, 2.05) is 0 Å². The molecule has 2 unspecified atom stereocenters. The molecule has 1 rings (SSSR count). The molecule has 2 heteroatoms. The molecule has 2 atom stereocenters. The number of rotatable bonds is 7. The molecule has 0 spiro atoms. The summed E-state index contributed by atoms with van der Waals surface area (Å²) in [6.45, 7) is 11.9. The Morgan fingerprint density at radius 2 is 1.70 bits per heavy atom. The first-order valence-electron chi connectivity index (χ1n) is 7.92. The second-order valence-electron chi connectivity index (χ2n) is 6.64. The highest BCUT2D eigenvalue weighted by molar-refractivity contribution is 5.29. The Morgan fingerprint density at radius 3 is 2.15 bits per heavy atom. The molecular weight excluding hydrogens is 246 g/mol. The van der Waals surface area contributed by atoms with Crippen molar-refractivity contribution in [2.75, 3.05) is 6.54 Å². The van der Waals surface area contributed by atoms with Gasteiger partial charge in [-0.3, -0.25) is 0 Å². The zero-order chi connectivity index (χ0) is 15.2. The van der Waals surface area contributed by atoms with E-state index in [1.54, 1.807) is 0 Å². The van der Waals surface area contributed by atoms with Gasteiger partial charge in [0.2, 0.25) is 0 Å². The second kappa shape index (κ2) is 7.80. The van der Waals surface area contributed by atoms with Crippen molar-refractivity contribution < 1.29 is 5.11 Å². The third kappa shape index (κ3) is 4.92. The lowest BCUT2D eigenvalue weighted by Crippen LogP contribution is -2.35. The molecule has 0 aliphatic heterocycles. The first-order chi connectivity index (χ1) is 9.40. The van der Waals surface area contributed by atoms with Crippen molar-refractivity contribution in [2.45, 2.75) is 71.4 Å². The Bertz CT molecular complexity index is 377. The molecule has 2 nitrogen and oxygen atoms in total. The minimum Gasteiger partial charge on any atom is -0.387 e. The molecular formula is C18H31NO. The van der Waals surface area contributed by atoms with E-state index >= 15 is 0 Å². The zero-order valence-corrected chi connectivity index (χ0v) is 13.7. The second-order valence-corrected chi connectivity index (χ2v) is 6.64. The first kappa shape index (κ1) is 17.2. The van der Waals surface area contributed by atoms with Crippen LogP contribution in [0.2, 0.25) is 0 Å². The topological polar surface area (TPSA) is 32.3 Å². The van der Waals surface area contributed by atoms with Crippen LogP contribution in [0.3, 0.4) is 0 Å². The Balaban J connectivity index is 2.72. The molecule has 0 fully saturated rings. The number of nitrogens with one attached hydrogen (secondary N) is 1. The molecule has 0 aliphatic carbocycles. The minimum atomic E-state index is -0.425. The van der Waals surface area contributed by atoms with E-state index in [9.17, 15) is 5.11 Å². The summed E-state index contributed by atoms with van der Waals surface area (Å²) in [4.78, 5) is 0. The van der Waals surface area contributed by atoms with Crippen LogP contribution < -0.4 is 5.32 Å². The van der Waals surface area contributed by atoms with Gasteiger partial charge in [0.05, 0.1) is 6.10 Å². The first-order valence-corrected chi connectivity index (χ1v) is 7.92. The van der Waals surface area contributed by atoms with Crippen molar-refractivity contribution >= 4 is 0 Å². The van der Waals surface area contributed by atoms with E-state index in [1.165, 1.54) is 12.0 Å². The number of unbranched alkanes of at least 4 members (excludes halogenated alkanes) is 1. The van der Waals surface area contributed by atoms with Crippen molar-refractivity contribution in [1.82, 2.24) is 5.32 Å². The molecule has 20 heavy (non-hydrogen) atoms. The van der Waals surface area contributed by atoms with Gasteiger partial charge in [0.25, 0.3) is 0 Å². The summed E-state index contributed by atoms with van der Waals surface area (Å²) in [5, 5.41) is 14.0. The van der Waals surface area contributed by atoms with E-state index in [0.29, 0.717) is 0 Å². The maximum atomic E-state index is 10.5. The molecule has 1 aromatic rings. The Hall–Kier alpha value is -0.860. The van der Waals surface area contributed by atoms with Gasteiger partial charge in [-0.1, -0.05) is 65.3 Å². The average molecular weight is 277 g/mol. The lowest BCUT2D eigenvalue weighted by Gasteiger charge is -2.25. The van der Waals surface area contributed by atoms with Crippen molar-refractivity contribution in [3.8, 4) is 0 Å². The minimum absolute atomic E-state index is 0.141. The third-order valence-corrected chi connectivity index (χ3v) is 3.88. The van der Waals surface area contributed by atoms with Crippen LogP contribution in [0.25, 0.3) is 0 Å². The van der Waals surface area contributed by atoms with Crippen LogP contribution in [-0.4, -0.2) is 17.7 Å². The highest BCUT2D eigenvalue weighted by Gasteiger charge is 2.19. The van der Waals surface area contributed by atoms with Crippen LogP contribution in [0.5, 0.6) is 0 Å². The van der Waals surface area contributed by atoms with Gasteiger partial charge in [0, 0.05) is 6.04 Å². The summed E-state index contributed by atoms with van der Waals surface area (Å²) in [5.41, 5.74) is 2.47. The smallest absolute Gasteiger partial charge is 0.0942 e. The van der Waals surface area contributed by atoms with Crippen LogP contribution in [-0.2, 0) is 5.41 Å². The van der Waals surface area contributed by atoms with Crippen molar-refractivity contribution in [1.29, 1.82) is 0 Å². The standard InChI is InChI=1S/C18H31NO/c1-6-8-13-19-16(7-2)17(20)14-9-11-15(12-10-14)18(3,4)5/h9-12,16-17,19-20H,6-8,13H2,1-5H3. The summed E-state index contributed by atoms with van der Waals surface area (Å²) >= 11 is 0. The molecule has 0 bridgehead atoms. The SMILES string of the molecule is CCCCNC(CC)C(O)c1ccc(C(C)(C)C)cc1. The number of hydrogen-bond acceptors (Lipinski definition) is 2. The molecule has 0 saturated heterocycles. The highest BCUT2D eigenvalue weighted by Crippen LogP contribution is 2.25. The Morgan fingerprint density at radius 1 is 1.10 bits per heavy atom. The normalized spacial score (nSPS) is 15.1. The van der Waals surface area contributed by atoms with E-state index in [-0.39, 0.29) is 11.5 Å². The van der Waals surface area contributed by atoms with Gasteiger partial charge < -0.3 is 10.4 Å².